The highest BCUT2D eigenvalue weighted by Crippen LogP contribution is 2.23. The molecule has 8 heteroatoms. The first kappa shape index (κ1) is 15.3. The summed E-state index contributed by atoms with van der Waals surface area (Å²) < 4.78 is 4.41. The third kappa shape index (κ3) is 4.11. The van der Waals surface area contributed by atoms with E-state index in [0.717, 1.165) is 0 Å². The van der Waals surface area contributed by atoms with Crippen molar-refractivity contribution in [2.45, 2.75) is 6.92 Å². The molecule has 0 heterocycles. The summed E-state index contributed by atoms with van der Waals surface area (Å²) >= 11 is 11.7. The van der Waals surface area contributed by atoms with Gasteiger partial charge in [-0.3, -0.25) is 0 Å². The summed E-state index contributed by atoms with van der Waals surface area (Å²) in [4.78, 5) is 26.4. The minimum atomic E-state index is -1.28. The minimum Gasteiger partial charge on any atom is -0.458 e. The Bertz CT molecular complexity index is 511. The summed E-state index contributed by atoms with van der Waals surface area (Å²) in [5.41, 5.74) is 5.78. The van der Waals surface area contributed by atoms with Gasteiger partial charge in [-0.15, -0.1) is 0 Å². The highest BCUT2D eigenvalue weighted by atomic mass is 35.5. The van der Waals surface area contributed by atoms with E-state index in [1.807, 2.05) is 0 Å². The third-order valence-corrected chi connectivity index (χ3v) is 2.52. The van der Waals surface area contributed by atoms with E-state index in [9.17, 15) is 9.59 Å². The van der Waals surface area contributed by atoms with Crippen LogP contribution in [-0.2, 0) is 19.2 Å². The molecule has 102 valence electrons. The quantitative estimate of drug-likeness (QED) is 0.229. The van der Waals surface area contributed by atoms with Crippen molar-refractivity contribution in [3.63, 3.8) is 0 Å². The van der Waals surface area contributed by atoms with E-state index in [-0.39, 0.29) is 28.1 Å². The minimum absolute atomic E-state index is 0.0451. The van der Waals surface area contributed by atoms with E-state index in [0.29, 0.717) is 0 Å². The molecule has 1 rings (SSSR count). The number of oxime groups is 1. The van der Waals surface area contributed by atoms with Crippen LogP contribution in [0.2, 0.25) is 10.0 Å². The average molecular weight is 305 g/mol. The Labute approximate surface area is 119 Å². The lowest BCUT2D eigenvalue weighted by molar-refractivity contribution is -0.167. The summed E-state index contributed by atoms with van der Waals surface area (Å²) in [5.74, 6) is -2.68. The molecular formula is C11H10Cl2N2O4. The van der Waals surface area contributed by atoms with Gasteiger partial charge < -0.3 is 15.3 Å². The van der Waals surface area contributed by atoms with Gasteiger partial charge in [0.2, 0.25) is 0 Å². The average Bonchev–Trinajstić information content (AvgIpc) is 2.36. The lowest BCUT2D eigenvalue weighted by Crippen LogP contribution is -2.21. The van der Waals surface area contributed by atoms with E-state index in [2.05, 4.69) is 14.7 Å². The molecule has 1 aromatic rings. The number of nitrogens with two attached hydrogens (primary N) is 1. The van der Waals surface area contributed by atoms with Crippen LogP contribution in [0.3, 0.4) is 0 Å². The Morgan fingerprint density at radius 2 is 1.84 bits per heavy atom. The zero-order chi connectivity index (χ0) is 14.4. The molecule has 6 nitrogen and oxygen atoms in total. The number of esters is 1. The van der Waals surface area contributed by atoms with Crippen molar-refractivity contribution in [2.24, 2.45) is 10.9 Å². The number of rotatable bonds is 3. The molecule has 0 unspecified atom stereocenters. The Hall–Kier alpha value is -1.79. The molecule has 0 spiro atoms. The van der Waals surface area contributed by atoms with E-state index in [4.69, 9.17) is 28.9 Å². The first-order valence-electron chi connectivity index (χ1n) is 5.13. The van der Waals surface area contributed by atoms with Crippen molar-refractivity contribution >= 4 is 41.0 Å². The van der Waals surface area contributed by atoms with Crippen molar-refractivity contribution in [3.8, 4) is 0 Å². The monoisotopic (exact) mass is 304 g/mol. The first-order chi connectivity index (χ1) is 8.97. The van der Waals surface area contributed by atoms with Crippen molar-refractivity contribution in [2.75, 3.05) is 6.61 Å². The number of carbonyl (C=O) groups is 2. The molecule has 0 fully saturated rings. The summed E-state index contributed by atoms with van der Waals surface area (Å²) in [6.07, 6.45) is 0. The lowest BCUT2D eigenvalue weighted by Gasteiger charge is -2.05. The topological polar surface area (TPSA) is 91.0 Å². The van der Waals surface area contributed by atoms with Crippen LogP contribution in [0.1, 0.15) is 12.5 Å². The van der Waals surface area contributed by atoms with Gasteiger partial charge in [-0.25, -0.2) is 9.59 Å². The summed E-state index contributed by atoms with van der Waals surface area (Å²) in [6.45, 7) is 1.59. The molecule has 0 aliphatic rings. The molecule has 0 bridgehead atoms. The highest BCUT2D eigenvalue weighted by molar-refractivity contribution is 6.40. The molecule has 1 aromatic carbocycles. The molecule has 19 heavy (non-hydrogen) atoms. The van der Waals surface area contributed by atoms with Crippen LogP contribution in [0, 0.1) is 0 Å². The van der Waals surface area contributed by atoms with Crippen LogP contribution in [0.5, 0.6) is 0 Å². The predicted octanol–water partition coefficient (Wildman–Crippen LogP) is 1.72. The molecule has 0 aliphatic heterocycles. The second kappa shape index (κ2) is 6.96. The molecule has 2 N–H and O–H groups in total. The second-order valence-electron chi connectivity index (χ2n) is 3.17. The predicted molar refractivity (Wildman–Crippen MR) is 69.9 cm³/mol. The fourth-order valence-electron chi connectivity index (χ4n) is 1.11. The van der Waals surface area contributed by atoms with Crippen molar-refractivity contribution in [3.05, 3.63) is 33.8 Å². The molecule has 0 aliphatic carbocycles. The number of ether oxygens (including phenoxy) is 1. The summed E-state index contributed by atoms with van der Waals surface area (Å²) in [7, 11) is 0. The van der Waals surface area contributed by atoms with Crippen LogP contribution >= 0.6 is 23.2 Å². The molecule has 0 saturated heterocycles. The lowest BCUT2D eigenvalue weighted by atomic mass is 10.2. The summed E-state index contributed by atoms with van der Waals surface area (Å²) in [5, 5.41) is 3.77. The van der Waals surface area contributed by atoms with Crippen molar-refractivity contribution < 1.29 is 19.2 Å². The largest absolute Gasteiger partial charge is 0.458 e. The fraction of sp³-hybridized carbons (Fsp3) is 0.182. The van der Waals surface area contributed by atoms with Gasteiger partial charge in [0.25, 0.3) is 0 Å². The molecule has 0 atom stereocenters. The number of hydrogen-bond donors (Lipinski definition) is 1. The number of amidine groups is 1. The van der Waals surface area contributed by atoms with Crippen LogP contribution < -0.4 is 5.73 Å². The van der Waals surface area contributed by atoms with Gasteiger partial charge in [0.15, 0.2) is 5.84 Å². The zero-order valence-electron chi connectivity index (χ0n) is 9.85. The van der Waals surface area contributed by atoms with Crippen molar-refractivity contribution in [1.29, 1.82) is 0 Å². The standard InChI is InChI=1S/C11H10Cl2N2O4/c1-2-18-10(16)11(17)19-15-9(14)8-6(12)4-3-5-7(8)13/h3-5H,2H2,1H3,(H2,14,15). The summed E-state index contributed by atoms with van der Waals surface area (Å²) in [6, 6.07) is 4.70. The Balaban J connectivity index is 2.83. The van der Waals surface area contributed by atoms with Gasteiger partial charge in [0.05, 0.1) is 22.2 Å². The smallest absolute Gasteiger partial charge is 0.443 e. The van der Waals surface area contributed by atoms with E-state index >= 15 is 0 Å². The maximum atomic E-state index is 11.1. The molecule has 0 aromatic heterocycles. The van der Waals surface area contributed by atoms with Gasteiger partial charge in [-0.05, 0) is 19.1 Å². The van der Waals surface area contributed by atoms with Crippen LogP contribution in [0.15, 0.2) is 23.4 Å². The van der Waals surface area contributed by atoms with Gasteiger partial charge in [-0.1, -0.05) is 34.4 Å². The normalized spacial score (nSPS) is 11.0. The molecular weight excluding hydrogens is 295 g/mol. The maximum Gasteiger partial charge on any atom is 0.443 e. The number of carbonyl (C=O) groups excluding carboxylic acids is 2. The number of nitrogens with zero attached hydrogens (tertiary/aromatic N) is 1. The molecule has 0 amide bonds. The third-order valence-electron chi connectivity index (χ3n) is 1.89. The van der Waals surface area contributed by atoms with Gasteiger partial charge in [-0.2, -0.15) is 0 Å². The second-order valence-corrected chi connectivity index (χ2v) is 3.99. The number of halogens is 2. The van der Waals surface area contributed by atoms with E-state index in [1.54, 1.807) is 13.0 Å². The van der Waals surface area contributed by atoms with Gasteiger partial charge >= 0.3 is 11.9 Å². The Morgan fingerprint density at radius 1 is 1.26 bits per heavy atom. The maximum absolute atomic E-state index is 11.1. The van der Waals surface area contributed by atoms with E-state index in [1.165, 1.54) is 12.1 Å². The molecule has 0 radical (unpaired) electrons. The van der Waals surface area contributed by atoms with Crippen LogP contribution in [0.4, 0.5) is 0 Å². The zero-order valence-corrected chi connectivity index (χ0v) is 11.4. The van der Waals surface area contributed by atoms with Crippen LogP contribution in [0.25, 0.3) is 0 Å². The van der Waals surface area contributed by atoms with Gasteiger partial charge in [0, 0.05) is 0 Å². The Kier molecular flexibility index (Phi) is 5.59. The number of benzene rings is 1. The Morgan fingerprint density at radius 3 is 2.37 bits per heavy atom. The van der Waals surface area contributed by atoms with E-state index < -0.39 is 11.9 Å². The fourth-order valence-corrected chi connectivity index (χ4v) is 1.70. The first-order valence-corrected chi connectivity index (χ1v) is 5.89. The van der Waals surface area contributed by atoms with Crippen molar-refractivity contribution in [1.82, 2.24) is 0 Å². The SMILES string of the molecule is CCOC(=O)C(=O)O/N=C(\N)c1c(Cl)cccc1Cl. The van der Waals surface area contributed by atoms with Crippen LogP contribution in [-0.4, -0.2) is 24.4 Å². The highest BCUT2D eigenvalue weighted by Gasteiger charge is 2.18. The number of hydrogen-bond acceptors (Lipinski definition) is 5. The molecule has 0 saturated carbocycles. The van der Waals surface area contributed by atoms with Gasteiger partial charge in [0.1, 0.15) is 0 Å².